The summed E-state index contributed by atoms with van der Waals surface area (Å²) in [7, 11) is 2.96. The molecule has 1 aromatic rings. The number of para-hydroxylation sites is 2. The number of esters is 1. The van der Waals surface area contributed by atoms with E-state index in [2.05, 4.69) is 4.74 Å². The highest BCUT2D eigenvalue weighted by atomic mass is 16.5. The van der Waals surface area contributed by atoms with Crippen LogP contribution >= 0.6 is 0 Å². The first-order valence-corrected chi connectivity index (χ1v) is 5.76. The highest BCUT2D eigenvalue weighted by Crippen LogP contribution is 2.25. The van der Waals surface area contributed by atoms with Gasteiger partial charge >= 0.3 is 5.97 Å². The molecule has 1 aromatic carbocycles. The van der Waals surface area contributed by atoms with E-state index in [4.69, 9.17) is 9.47 Å². The lowest BCUT2D eigenvalue weighted by Gasteiger charge is -2.09. The van der Waals surface area contributed by atoms with Gasteiger partial charge in [-0.25, -0.2) is 4.79 Å². The third kappa shape index (κ3) is 3.80. The number of ether oxygens (including phenoxy) is 3. The van der Waals surface area contributed by atoms with Crippen molar-refractivity contribution in [1.29, 1.82) is 0 Å². The smallest absolute Gasteiger partial charge is 0.333 e. The molecule has 0 N–H and O–H groups in total. The molecule has 0 saturated carbocycles. The average Bonchev–Trinajstić information content (AvgIpc) is 2.43. The quantitative estimate of drug-likeness (QED) is 0.575. The lowest BCUT2D eigenvalue weighted by Crippen LogP contribution is -2.06. The molecule has 0 radical (unpaired) electrons. The molecule has 0 spiro atoms. The summed E-state index contributed by atoms with van der Waals surface area (Å²) in [6.07, 6.45) is 2.33. The number of rotatable bonds is 6. The van der Waals surface area contributed by atoms with Gasteiger partial charge in [0, 0.05) is 5.57 Å². The first kappa shape index (κ1) is 14.1. The number of hydrogen-bond acceptors (Lipinski definition) is 4. The van der Waals surface area contributed by atoms with E-state index in [1.54, 1.807) is 13.2 Å². The normalized spacial score (nSPS) is 10.9. The molecule has 0 atom stereocenters. The fraction of sp³-hybridized carbons (Fsp3) is 0.357. The van der Waals surface area contributed by atoms with Gasteiger partial charge in [-0.2, -0.15) is 0 Å². The molecule has 0 aliphatic rings. The number of hydrogen-bond donors (Lipinski definition) is 0. The Kier molecular flexibility index (Phi) is 5.77. The summed E-state index contributed by atoms with van der Waals surface area (Å²) in [5.74, 6) is 1.000. The third-order valence-electron chi connectivity index (χ3n) is 2.47. The highest BCUT2D eigenvalue weighted by Gasteiger charge is 2.07. The predicted molar refractivity (Wildman–Crippen MR) is 68.9 cm³/mol. The minimum atomic E-state index is -0.318. The maximum Gasteiger partial charge on any atom is 0.333 e. The largest absolute Gasteiger partial charge is 0.493 e. The van der Waals surface area contributed by atoms with Crippen molar-refractivity contribution in [3.63, 3.8) is 0 Å². The van der Waals surface area contributed by atoms with Gasteiger partial charge in [-0.1, -0.05) is 19.1 Å². The molecule has 0 amide bonds. The van der Waals surface area contributed by atoms with Gasteiger partial charge in [0.05, 0.1) is 14.2 Å². The first-order valence-electron chi connectivity index (χ1n) is 5.76. The molecule has 1 rings (SSSR count). The van der Waals surface area contributed by atoms with Gasteiger partial charge in [0.15, 0.2) is 11.5 Å². The third-order valence-corrected chi connectivity index (χ3v) is 2.47. The van der Waals surface area contributed by atoms with E-state index < -0.39 is 0 Å². The molecule has 18 heavy (non-hydrogen) atoms. The zero-order valence-corrected chi connectivity index (χ0v) is 10.9. The van der Waals surface area contributed by atoms with Gasteiger partial charge in [0.1, 0.15) is 6.61 Å². The van der Waals surface area contributed by atoms with Crippen LogP contribution in [-0.4, -0.2) is 26.8 Å². The van der Waals surface area contributed by atoms with Crippen LogP contribution in [0.3, 0.4) is 0 Å². The average molecular weight is 250 g/mol. The van der Waals surface area contributed by atoms with Gasteiger partial charge in [-0.15, -0.1) is 0 Å². The SMILES string of the molecule is CCC(=CCOc1ccccc1OC)C(=O)OC. The Bertz CT molecular complexity index is 424. The predicted octanol–water partition coefficient (Wildman–Crippen LogP) is 2.58. The van der Waals surface area contributed by atoms with Gasteiger partial charge in [-0.05, 0) is 24.6 Å². The second-order valence-electron chi connectivity index (χ2n) is 3.54. The second kappa shape index (κ2) is 7.37. The van der Waals surface area contributed by atoms with Crippen molar-refractivity contribution in [2.75, 3.05) is 20.8 Å². The Labute approximate surface area is 107 Å². The van der Waals surface area contributed by atoms with E-state index in [1.165, 1.54) is 7.11 Å². The molecule has 0 fully saturated rings. The molecule has 4 nitrogen and oxygen atoms in total. The van der Waals surface area contributed by atoms with Crippen molar-refractivity contribution in [2.45, 2.75) is 13.3 Å². The Morgan fingerprint density at radius 1 is 1.22 bits per heavy atom. The van der Waals surface area contributed by atoms with Crippen molar-refractivity contribution >= 4 is 5.97 Å². The molecular weight excluding hydrogens is 232 g/mol. The van der Waals surface area contributed by atoms with Crippen LogP contribution in [0.25, 0.3) is 0 Å². The van der Waals surface area contributed by atoms with Crippen molar-refractivity contribution in [1.82, 2.24) is 0 Å². The lowest BCUT2D eigenvalue weighted by molar-refractivity contribution is -0.136. The summed E-state index contributed by atoms with van der Waals surface area (Å²) in [5, 5.41) is 0. The highest BCUT2D eigenvalue weighted by molar-refractivity contribution is 5.88. The van der Waals surface area contributed by atoms with Gasteiger partial charge in [0.2, 0.25) is 0 Å². The monoisotopic (exact) mass is 250 g/mol. The summed E-state index contributed by atoms with van der Waals surface area (Å²) >= 11 is 0. The summed E-state index contributed by atoms with van der Waals surface area (Å²) in [6, 6.07) is 7.37. The van der Waals surface area contributed by atoms with Crippen LogP contribution in [0.4, 0.5) is 0 Å². The lowest BCUT2D eigenvalue weighted by atomic mass is 10.2. The summed E-state index contributed by atoms with van der Waals surface area (Å²) in [5.41, 5.74) is 0.604. The van der Waals surface area contributed by atoms with E-state index in [1.807, 2.05) is 31.2 Å². The van der Waals surface area contributed by atoms with Crippen molar-refractivity contribution < 1.29 is 19.0 Å². The second-order valence-corrected chi connectivity index (χ2v) is 3.54. The molecule has 0 bridgehead atoms. The molecule has 0 aliphatic heterocycles. The maximum atomic E-state index is 11.3. The number of benzene rings is 1. The molecular formula is C14H18O4. The summed E-state index contributed by atoms with van der Waals surface area (Å²) in [6.45, 7) is 2.20. The minimum absolute atomic E-state index is 0.304. The van der Waals surface area contributed by atoms with Gasteiger partial charge < -0.3 is 14.2 Å². The van der Waals surface area contributed by atoms with E-state index in [0.717, 1.165) is 0 Å². The Morgan fingerprint density at radius 2 is 1.89 bits per heavy atom. The van der Waals surface area contributed by atoms with Crippen LogP contribution < -0.4 is 9.47 Å². The van der Waals surface area contributed by atoms with E-state index >= 15 is 0 Å². The van der Waals surface area contributed by atoms with Crippen LogP contribution in [0.5, 0.6) is 11.5 Å². The molecule has 4 heteroatoms. The van der Waals surface area contributed by atoms with E-state index in [9.17, 15) is 4.79 Å². The fourth-order valence-corrected chi connectivity index (χ4v) is 1.47. The Morgan fingerprint density at radius 3 is 2.44 bits per heavy atom. The van der Waals surface area contributed by atoms with Crippen LogP contribution in [0, 0.1) is 0 Å². The topological polar surface area (TPSA) is 44.8 Å². The van der Waals surface area contributed by atoms with Crippen LogP contribution in [0.2, 0.25) is 0 Å². The number of carbonyl (C=O) groups excluding carboxylic acids is 1. The summed E-state index contributed by atoms with van der Waals surface area (Å²) in [4.78, 5) is 11.3. The van der Waals surface area contributed by atoms with Crippen LogP contribution in [-0.2, 0) is 9.53 Å². The van der Waals surface area contributed by atoms with Crippen molar-refractivity contribution in [2.24, 2.45) is 0 Å². The standard InChI is InChI=1S/C14H18O4/c1-4-11(14(15)17-3)9-10-18-13-8-6-5-7-12(13)16-2/h5-9H,4,10H2,1-3H3. The Hall–Kier alpha value is -1.97. The first-order chi connectivity index (χ1) is 8.72. The number of methoxy groups -OCH3 is 2. The van der Waals surface area contributed by atoms with Crippen LogP contribution in [0.1, 0.15) is 13.3 Å². The van der Waals surface area contributed by atoms with E-state index in [-0.39, 0.29) is 5.97 Å². The van der Waals surface area contributed by atoms with Crippen molar-refractivity contribution in [3.8, 4) is 11.5 Å². The minimum Gasteiger partial charge on any atom is -0.493 e. The van der Waals surface area contributed by atoms with Gasteiger partial charge in [-0.3, -0.25) is 0 Å². The molecule has 0 saturated heterocycles. The van der Waals surface area contributed by atoms with E-state index in [0.29, 0.717) is 30.1 Å². The molecule has 98 valence electrons. The fourth-order valence-electron chi connectivity index (χ4n) is 1.47. The number of carbonyl (C=O) groups is 1. The molecule has 0 heterocycles. The maximum absolute atomic E-state index is 11.3. The molecule has 0 unspecified atom stereocenters. The van der Waals surface area contributed by atoms with Crippen LogP contribution in [0.15, 0.2) is 35.9 Å². The van der Waals surface area contributed by atoms with Gasteiger partial charge in [0.25, 0.3) is 0 Å². The molecule has 0 aromatic heterocycles. The zero-order valence-electron chi connectivity index (χ0n) is 10.9. The Balaban J connectivity index is 2.64. The zero-order chi connectivity index (χ0) is 13.4. The van der Waals surface area contributed by atoms with Crippen molar-refractivity contribution in [3.05, 3.63) is 35.9 Å². The summed E-state index contributed by atoms with van der Waals surface area (Å²) < 4.78 is 15.4. The molecule has 0 aliphatic carbocycles.